The summed E-state index contributed by atoms with van der Waals surface area (Å²) in [4.78, 5) is 0. The monoisotopic (exact) mass is 321 g/mol. The summed E-state index contributed by atoms with van der Waals surface area (Å²) in [7, 11) is 0. The Hall–Kier alpha value is -1.35. The lowest BCUT2D eigenvalue weighted by atomic mass is 10.1. The molecule has 0 aliphatic rings. The van der Waals surface area contributed by atoms with Gasteiger partial charge in [-0.05, 0) is 59.0 Å². The molecule has 0 radical (unpaired) electrons. The first-order chi connectivity index (χ1) is 9.16. The van der Waals surface area contributed by atoms with Crippen LogP contribution in [-0.2, 0) is 6.42 Å². The van der Waals surface area contributed by atoms with E-state index in [2.05, 4.69) is 45.5 Å². The summed E-state index contributed by atoms with van der Waals surface area (Å²) in [6.07, 6.45) is 2.06. The molecule has 0 amide bonds. The zero-order chi connectivity index (χ0) is 13.7. The van der Waals surface area contributed by atoms with Crippen molar-refractivity contribution in [3.63, 3.8) is 0 Å². The van der Waals surface area contributed by atoms with E-state index in [-0.39, 0.29) is 5.82 Å². The lowest BCUT2D eigenvalue weighted by Crippen LogP contribution is -2.05. The number of hydrogen-bond acceptors (Lipinski definition) is 1. The van der Waals surface area contributed by atoms with Crippen LogP contribution in [0.3, 0.4) is 0 Å². The van der Waals surface area contributed by atoms with Gasteiger partial charge in [0.15, 0.2) is 0 Å². The normalized spacial score (nSPS) is 10.5. The lowest BCUT2D eigenvalue weighted by Gasteiger charge is -2.10. The van der Waals surface area contributed by atoms with Crippen LogP contribution in [0.15, 0.2) is 46.9 Å². The van der Waals surface area contributed by atoms with Crippen LogP contribution in [0, 0.1) is 12.7 Å². The summed E-state index contributed by atoms with van der Waals surface area (Å²) in [6, 6.07) is 13.7. The van der Waals surface area contributed by atoms with E-state index < -0.39 is 0 Å². The van der Waals surface area contributed by atoms with Gasteiger partial charge in [-0.1, -0.05) is 30.3 Å². The molecule has 2 aromatic rings. The highest BCUT2D eigenvalue weighted by Gasteiger charge is 2.04. The molecule has 0 aliphatic heterocycles. The first-order valence-corrected chi connectivity index (χ1v) is 7.19. The molecule has 3 heteroatoms. The first kappa shape index (κ1) is 14.1. The topological polar surface area (TPSA) is 12.0 Å². The Morgan fingerprint density at radius 1 is 1.16 bits per heavy atom. The van der Waals surface area contributed by atoms with Crippen LogP contribution in [0.25, 0.3) is 0 Å². The van der Waals surface area contributed by atoms with E-state index in [1.165, 1.54) is 5.56 Å². The minimum Gasteiger partial charge on any atom is -0.385 e. The number of anilines is 1. The van der Waals surface area contributed by atoms with Crippen molar-refractivity contribution in [1.29, 1.82) is 0 Å². The van der Waals surface area contributed by atoms with Gasteiger partial charge in [0.1, 0.15) is 5.82 Å². The molecule has 0 saturated heterocycles. The van der Waals surface area contributed by atoms with Gasteiger partial charge in [0, 0.05) is 12.2 Å². The van der Waals surface area contributed by atoms with Gasteiger partial charge in [-0.15, -0.1) is 0 Å². The minimum absolute atomic E-state index is 0.226. The van der Waals surface area contributed by atoms with E-state index in [9.17, 15) is 4.39 Å². The molecule has 0 atom stereocenters. The third-order valence-corrected chi connectivity index (χ3v) is 3.68. The molecule has 100 valence electrons. The first-order valence-electron chi connectivity index (χ1n) is 6.40. The highest BCUT2D eigenvalue weighted by atomic mass is 79.9. The van der Waals surface area contributed by atoms with Gasteiger partial charge >= 0.3 is 0 Å². The molecule has 1 N–H and O–H groups in total. The maximum absolute atomic E-state index is 13.4. The molecule has 1 nitrogen and oxygen atoms in total. The molecule has 2 rings (SSSR count). The number of aryl methyl sites for hydroxylation is 2. The van der Waals surface area contributed by atoms with Crippen LogP contribution >= 0.6 is 15.9 Å². The van der Waals surface area contributed by atoms with Crippen LogP contribution in [0.2, 0.25) is 0 Å². The second-order valence-corrected chi connectivity index (χ2v) is 5.45. The summed E-state index contributed by atoms with van der Waals surface area (Å²) in [5.41, 5.74) is 3.25. The second kappa shape index (κ2) is 6.71. The third kappa shape index (κ3) is 4.06. The van der Waals surface area contributed by atoms with Crippen molar-refractivity contribution in [2.24, 2.45) is 0 Å². The molecule has 0 aromatic heterocycles. The third-order valence-electron chi connectivity index (χ3n) is 3.07. The number of hydrogen-bond donors (Lipinski definition) is 1. The molecule has 0 saturated carbocycles. The second-order valence-electron chi connectivity index (χ2n) is 4.60. The van der Waals surface area contributed by atoms with E-state index in [1.54, 1.807) is 12.1 Å². The van der Waals surface area contributed by atoms with Crippen LogP contribution in [-0.4, -0.2) is 6.54 Å². The highest BCUT2D eigenvalue weighted by molar-refractivity contribution is 9.10. The quantitative estimate of drug-likeness (QED) is 0.769. The zero-order valence-electron chi connectivity index (χ0n) is 10.9. The van der Waals surface area contributed by atoms with Gasteiger partial charge in [-0.2, -0.15) is 0 Å². The maximum Gasteiger partial charge on any atom is 0.139 e. The van der Waals surface area contributed by atoms with Crippen LogP contribution in [0.1, 0.15) is 17.5 Å². The lowest BCUT2D eigenvalue weighted by molar-refractivity contribution is 0.621. The smallest absolute Gasteiger partial charge is 0.139 e. The average molecular weight is 322 g/mol. The van der Waals surface area contributed by atoms with Crippen LogP contribution in [0.5, 0.6) is 0 Å². The zero-order valence-corrected chi connectivity index (χ0v) is 12.5. The molecule has 0 unspecified atom stereocenters. The number of rotatable bonds is 5. The van der Waals surface area contributed by atoms with Gasteiger partial charge < -0.3 is 5.32 Å². The summed E-state index contributed by atoms with van der Waals surface area (Å²) in [5.74, 6) is -0.226. The predicted molar refractivity (Wildman–Crippen MR) is 82.1 cm³/mol. The predicted octanol–water partition coefficient (Wildman–Crippen LogP) is 4.94. The van der Waals surface area contributed by atoms with Gasteiger partial charge in [-0.3, -0.25) is 0 Å². The Bertz CT molecular complexity index is 540. The molecule has 0 fully saturated rings. The SMILES string of the molecule is Cc1cc(Br)c(F)cc1NCCCc1ccccc1. The van der Waals surface area contributed by atoms with Crippen molar-refractivity contribution in [3.8, 4) is 0 Å². The molecule has 19 heavy (non-hydrogen) atoms. The fourth-order valence-electron chi connectivity index (χ4n) is 2.00. The Balaban J connectivity index is 1.85. The largest absolute Gasteiger partial charge is 0.385 e. The summed E-state index contributed by atoms with van der Waals surface area (Å²) >= 11 is 3.19. The van der Waals surface area contributed by atoms with Crippen molar-refractivity contribution < 1.29 is 4.39 Å². The number of nitrogens with one attached hydrogen (secondary N) is 1. The van der Waals surface area contributed by atoms with Crippen molar-refractivity contribution in [2.75, 3.05) is 11.9 Å². The molecule has 0 aliphatic carbocycles. The van der Waals surface area contributed by atoms with Gasteiger partial charge in [0.2, 0.25) is 0 Å². The summed E-state index contributed by atoms with van der Waals surface area (Å²) in [5, 5.41) is 3.29. The van der Waals surface area contributed by atoms with Crippen molar-refractivity contribution in [2.45, 2.75) is 19.8 Å². The Labute approximate surface area is 122 Å². The number of halogens is 2. The van der Waals surface area contributed by atoms with Crippen molar-refractivity contribution >= 4 is 21.6 Å². The van der Waals surface area contributed by atoms with E-state index >= 15 is 0 Å². The van der Waals surface area contributed by atoms with E-state index in [1.807, 2.05) is 13.0 Å². The van der Waals surface area contributed by atoms with Crippen LogP contribution < -0.4 is 5.32 Å². The van der Waals surface area contributed by atoms with Crippen LogP contribution in [0.4, 0.5) is 10.1 Å². The average Bonchev–Trinajstić information content (AvgIpc) is 2.41. The molecule has 0 heterocycles. The van der Waals surface area contributed by atoms with E-state index in [0.29, 0.717) is 4.47 Å². The molecule has 0 spiro atoms. The van der Waals surface area contributed by atoms with Gasteiger partial charge in [0.05, 0.1) is 4.47 Å². The summed E-state index contributed by atoms with van der Waals surface area (Å²) < 4.78 is 14.0. The van der Waals surface area contributed by atoms with Gasteiger partial charge in [-0.25, -0.2) is 4.39 Å². The fraction of sp³-hybridized carbons (Fsp3) is 0.250. The van der Waals surface area contributed by atoms with Crippen molar-refractivity contribution in [1.82, 2.24) is 0 Å². The Morgan fingerprint density at radius 2 is 1.89 bits per heavy atom. The Morgan fingerprint density at radius 3 is 2.63 bits per heavy atom. The molecular formula is C16H17BrFN. The van der Waals surface area contributed by atoms with Gasteiger partial charge in [0.25, 0.3) is 0 Å². The fourth-order valence-corrected chi connectivity index (χ4v) is 2.45. The highest BCUT2D eigenvalue weighted by Crippen LogP contribution is 2.23. The molecule has 2 aromatic carbocycles. The van der Waals surface area contributed by atoms with E-state index in [0.717, 1.165) is 30.6 Å². The van der Waals surface area contributed by atoms with E-state index in [4.69, 9.17) is 0 Å². The molecule has 0 bridgehead atoms. The number of benzene rings is 2. The molecular weight excluding hydrogens is 305 g/mol. The standard InChI is InChI=1S/C16H17BrFN/c1-12-10-14(17)15(18)11-16(12)19-9-5-8-13-6-3-2-4-7-13/h2-4,6-7,10-11,19H,5,8-9H2,1H3. The minimum atomic E-state index is -0.226. The summed E-state index contributed by atoms with van der Waals surface area (Å²) in [6.45, 7) is 2.82. The van der Waals surface area contributed by atoms with Crippen molar-refractivity contribution in [3.05, 3.63) is 63.9 Å². The maximum atomic E-state index is 13.4. The Kier molecular flexibility index (Phi) is 4.97.